The number of aromatic nitrogens is 1. The maximum Gasteiger partial charge on any atom is 0.355 e. The second-order valence-corrected chi connectivity index (χ2v) is 6.74. The number of hydrogen-bond donors (Lipinski definition) is 1. The van der Waals surface area contributed by atoms with Crippen LogP contribution in [0.2, 0.25) is 0 Å². The normalized spacial score (nSPS) is 16.8. The molecule has 2 saturated carbocycles. The molecule has 0 radical (unpaired) electrons. The van der Waals surface area contributed by atoms with Crippen LogP contribution in [0, 0.1) is 19.8 Å². The molecule has 6 nitrogen and oxygen atoms in total. The van der Waals surface area contributed by atoms with Gasteiger partial charge >= 0.3 is 5.97 Å². The Hall–Kier alpha value is -2.11. The molecule has 0 spiro atoms. The first-order valence-electron chi connectivity index (χ1n) is 8.64. The van der Waals surface area contributed by atoms with Gasteiger partial charge in [0.15, 0.2) is 5.78 Å². The number of aryl methyl sites for hydroxylation is 1. The number of carbonyl (C=O) groups is 3. The van der Waals surface area contributed by atoms with Crippen molar-refractivity contribution >= 4 is 17.7 Å². The van der Waals surface area contributed by atoms with E-state index in [4.69, 9.17) is 4.74 Å². The van der Waals surface area contributed by atoms with Crippen LogP contribution in [-0.4, -0.2) is 46.7 Å². The van der Waals surface area contributed by atoms with Gasteiger partial charge in [0.2, 0.25) is 5.91 Å². The molecule has 24 heavy (non-hydrogen) atoms. The lowest BCUT2D eigenvalue weighted by Crippen LogP contribution is -2.38. The second kappa shape index (κ2) is 6.42. The molecule has 2 aliphatic rings. The van der Waals surface area contributed by atoms with E-state index in [1.54, 1.807) is 25.7 Å². The second-order valence-electron chi connectivity index (χ2n) is 6.74. The van der Waals surface area contributed by atoms with Gasteiger partial charge in [-0.1, -0.05) is 0 Å². The number of carbonyl (C=O) groups excluding carboxylic acids is 3. The molecule has 2 fully saturated rings. The number of ketones is 1. The molecule has 0 aliphatic heterocycles. The number of ether oxygens (including phenoxy) is 1. The van der Waals surface area contributed by atoms with Crippen molar-refractivity contribution in [3.05, 3.63) is 22.5 Å². The maximum absolute atomic E-state index is 12.8. The van der Waals surface area contributed by atoms with Gasteiger partial charge in [-0.2, -0.15) is 0 Å². The van der Waals surface area contributed by atoms with Crippen molar-refractivity contribution in [1.82, 2.24) is 9.88 Å². The predicted octanol–water partition coefficient (Wildman–Crippen LogP) is 2.39. The number of Topliss-reactive ketones (excluding diaryl/α,β-unsaturated/α-hetero) is 1. The number of nitrogens with zero attached hydrogens (tertiary/aromatic N) is 1. The summed E-state index contributed by atoms with van der Waals surface area (Å²) in [6.45, 7) is 5.64. The van der Waals surface area contributed by atoms with Gasteiger partial charge in [0.05, 0.1) is 13.2 Å². The fourth-order valence-corrected chi connectivity index (χ4v) is 3.15. The number of esters is 1. The summed E-state index contributed by atoms with van der Waals surface area (Å²) in [5, 5.41) is 0. The Balaban J connectivity index is 1.79. The van der Waals surface area contributed by atoms with Crippen LogP contribution in [0.3, 0.4) is 0 Å². The molecule has 0 saturated heterocycles. The summed E-state index contributed by atoms with van der Waals surface area (Å²) in [6, 6.07) is 0.214. The standard InChI is InChI=1S/C18H24N2O4/c1-4-24-18(23)16-10(2)15(11(3)19-16)14(21)9-20(13-7-8-13)17(22)12-5-6-12/h12-13,19H,4-9H2,1-3H3. The zero-order valence-corrected chi connectivity index (χ0v) is 14.5. The summed E-state index contributed by atoms with van der Waals surface area (Å²) in [5.41, 5.74) is 2.08. The van der Waals surface area contributed by atoms with Gasteiger partial charge in [0, 0.05) is 23.2 Å². The van der Waals surface area contributed by atoms with Gasteiger partial charge in [-0.15, -0.1) is 0 Å². The third-order valence-corrected chi connectivity index (χ3v) is 4.71. The van der Waals surface area contributed by atoms with Crippen molar-refractivity contribution in [2.45, 2.75) is 52.5 Å². The number of hydrogen-bond acceptors (Lipinski definition) is 4. The minimum atomic E-state index is -0.453. The fourth-order valence-electron chi connectivity index (χ4n) is 3.15. The molecule has 3 rings (SSSR count). The van der Waals surface area contributed by atoms with E-state index in [1.807, 2.05) is 0 Å². The Morgan fingerprint density at radius 2 is 1.83 bits per heavy atom. The molecule has 6 heteroatoms. The third kappa shape index (κ3) is 3.23. The maximum atomic E-state index is 12.8. The van der Waals surface area contributed by atoms with E-state index in [1.165, 1.54) is 0 Å². The van der Waals surface area contributed by atoms with E-state index in [0.29, 0.717) is 22.5 Å². The molecule has 0 atom stereocenters. The highest BCUT2D eigenvalue weighted by Crippen LogP contribution is 2.36. The van der Waals surface area contributed by atoms with Crippen LogP contribution in [0.1, 0.15) is 64.7 Å². The SMILES string of the molecule is CCOC(=O)c1[nH]c(C)c(C(=O)CN(C(=O)C2CC2)C2CC2)c1C. The van der Waals surface area contributed by atoms with Crippen molar-refractivity contribution in [2.24, 2.45) is 5.92 Å². The van der Waals surface area contributed by atoms with E-state index in [-0.39, 0.29) is 36.8 Å². The zero-order valence-electron chi connectivity index (χ0n) is 14.5. The smallest absolute Gasteiger partial charge is 0.355 e. The summed E-state index contributed by atoms with van der Waals surface area (Å²) >= 11 is 0. The van der Waals surface area contributed by atoms with Gasteiger partial charge < -0.3 is 14.6 Å². The average molecular weight is 332 g/mol. The Morgan fingerprint density at radius 1 is 1.17 bits per heavy atom. The van der Waals surface area contributed by atoms with Crippen molar-refractivity contribution in [3.63, 3.8) is 0 Å². The van der Waals surface area contributed by atoms with E-state index in [9.17, 15) is 14.4 Å². The first kappa shape index (κ1) is 16.7. The molecule has 1 N–H and O–H groups in total. The van der Waals surface area contributed by atoms with Gasteiger partial charge in [-0.05, 0) is 52.0 Å². The Kier molecular flexibility index (Phi) is 4.47. The predicted molar refractivity (Wildman–Crippen MR) is 88.0 cm³/mol. The summed E-state index contributed by atoms with van der Waals surface area (Å²) < 4.78 is 5.02. The molecule has 0 bridgehead atoms. The molecular weight excluding hydrogens is 308 g/mol. The summed E-state index contributed by atoms with van der Waals surface area (Å²) in [5.74, 6) is -0.341. The molecular formula is C18H24N2O4. The number of nitrogens with one attached hydrogen (secondary N) is 1. The van der Waals surface area contributed by atoms with Crippen molar-refractivity contribution in [1.29, 1.82) is 0 Å². The van der Waals surface area contributed by atoms with Crippen molar-refractivity contribution in [2.75, 3.05) is 13.2 Å². The average Bonchev–Trinajstić information content (AvgIpc) is 3.42. The van der Waals surface area contributed by atoms with E-state index in [2.05, 4.69) is 4.98 Å². The fraction of sp³-hybridized carbons (Fsp3) is 0.611. The quantitative estimate of drug-likeness (QED) is 0.614. The summed E-state index contributed by atoms with van der Waals surface area (Å²) in [7, 11) is 0. The van der Waals surface area contributed by atoms with Crippen molar-refractivity contribution < 1.29 is 19.1 Å². The Labute approximate surface area is 141 Å². The van der Waals surface area contributed by atoms with Crippen LogP contribution in [0.25, 0.3) is 0 Å². The van der Waals surface area contributed by atoms with Crippen LogP contribution in [0.4, 0.5) is 0 Å². The first-order chi connectivity index (χ1) is 11.4. The monoisotopic (exact) mass is 332 g/mol. The Bertz CT molecular complexity index is 683. The number of amides is 1. The summed E-state index contributed by atoms with van der Waals surface area (Å²) in [4.78, 5) is 41.9. The molecule has 0 unspecified atom stereocenters. The largest absolute Gasteiger partial charge is 0.461 e. The lowest BCUT2D eigenvalue weighted by atomic mass is 10.0. The highest BCUT2D eigenvalue weighted by atomic mass is 16.5. The van der Waals surface area contributed by atoms with Gasteiger partial charge in [-0.3, -0.25) is 9.59 Å². The highest BCUT2D eigenvalue weighted by Gasteiger charge is 2.41. The number of H-pyrrole nitrogens is 1. The topological polar surface area (TPSA) is 79.5 Å². The van der Waals surface area contributed by atoms with Crippen LogP contribution >= 0.6 is 0 Å². The van der Waals surface area contributed by atoms with Gasteiger partial charge in [0.25, 0.3) is 0 Å². The minimum Gasteiger partial charge on any atom is -0.461 e. The lowest BCUT2D eigenvalue weighted by Gasteiger charge is -2.21. The molecule has 1 aromatic rings. The molecule has 1 heterocycles. The lowest BCUT2D eigenvalue weighted by molar-refractivity contribution is -0.132. The van der Waals surface area contributed by atoms with Crippen LogP contribution in [0.15, 0.2) is 0 Å². The van der Waals surface area contributed by atoms with Crippen LogP contribution in [0.5, 0.6) is 0 Å². The third-order valence-electron chi connectivity index (χ3n) is 4.71. The van der Waals surface area contributed by atoms with Gasteiger partial charge in [0.1, 0.15) is 5.69 Å². The van der Waals surface area contributed by atoms with E-state index in [0.717, 1.165) is 25.7 Å². The van der Waals surface area contributed by atoms with E-state index >= 15 is 0 Å². The highest BCUT2D eigenvalue weighted by molar-refractivity contribution is 6.04. The first-order valence-corrected chi connectivity index (χ1v) is 8.64. The number of aromatic amines is 1. The van der Waals surface area contributed by atoms with Crippen LogP contribution < -0.4 is 0 Å². The molecule has 1 aromatic heterocycles. The Morgan fingerprint density at radius 3 is 2.38 bits per heavy atom. The van der Waals surface area contributed by atoms with E-state index < -0.39 is 5.97 Å². The number of rotatable bonds is 7. The summed E-state index contributed by atoms with van der Waals surface area (Å²) in [6.07, 6.45) is 3.83. The molecule has 130 valence electrons. The molecule has 0 aromatic carbocycles. The van der Waals surface area contributed by atoms with Gasteiger partial charge in [-0.25, -0.2) is 4.79 Å². The van der Waals surface area contributed by atoms with Crippen molar-refractivity contribution in [3.8, 4) is 0 Å². The van der Waals surface area contributed by atoms with Crippen LogP contribution in [-0.2, 0) is 9.53 Å². The molecule has 1 amide bonds. The molecule has 2 aliphatic carbocycles. The minimum absolute atomic E-state index is 0.0990. The zero-order chi connectivity index (χ0) is 17.4.